The van der Waals surface area contributed by atoms with Crippen LogP contribution in [0.25, 0.3) is 0 Å². The van der Waals surface area contributed by atoms with Gasteiger partial charge in [-0.3, -0.25) is 9.78 Å². The molecule has 1 amide bonds. The first-order valence-corrected chi connectivity index (χ1v) is 8.42. The summed E-state index contributed by atoms with van der Waals surface area (Å²) in [5.41, 5.74) is 0.434. The number of rotatable bonds is 5. The van der Waals surface area contributed by atoms with E-state index in [1.807, 2.05) is 13.8 Å². The number of amides is 1. The first-order chi connectivity index (χ1) is 10.3. The Balaban J connectivity index is 2.24. The highest BCUT2D eigenvalue weighted by Crippen LogP contribution is 2.22. The third-order valence-electron chi connectivity index (χ3n) is 2.90. The molecule has 8 nitrogen and oxygen atoms in total. The number of pyridine rings is 1. The van der Waals surface area contributed by atoms with Gasteiger partial charge in [-0.1, -0.05) is 18.9 Å². The van der Waals surface area contributed by atoms with Gasteiger partial charge in [0.1, 0.15) is 6.04 Å². The molecule has 0 aliphatic rings. The van der Waals surface area contributed by atoms with Crippen LogP contribution in [0, 0.1) is 5.92 Å². The second kappa shape index (κ2) is 6.22. The van der Waals surface area contributed by atoms with Gasteiger partial charge in [-0.2, -0.15) is 0 Å². The molecular weight excluding hydrogens is 308 g/mol. The third kappa shape index (κ3) is 3.67. The van der Waals surface area contributed by atoms with Gasteiger partial charge < -0.3 is 9.73 Å². The molecule has 0 bridgehead atoms. The molecule has 118 valence electrons. The predicted molar refractivity (Wildman–Crippen MR) is 76.7 cm³/mol. The van der Waals surface area contributed by atoms with Crippen molar-refractivity contribution < 1.29 is 17.6 Å². The van der Waals surface area contributed by atoms with Crippen molar-refractivity contribution in [2.75, 3.05) is 6.26 Å². The number of nitrogens with one attached hydrogen (secondary N) is 1. The third-order valence-corrected chi connectivity index (χ3v) is 3.70. The van der Waals surface area contributed by atoms with Crippen LogP contribution < -0.4 is 5.32 Å². The summed E-state index contributed by atoms with van der Waals surface area (Å²) in [6, 6.07) is 2.55. The van der Waals surface area contributed by atoms with Crippen molar-refractivity contribution in [1.29, 1.82) is 0 Å². The second-order valence-electron chi connectivity index (χ2n) is 5.11. The number of hydrogen-bond donors (Lipinski definition) is 1. The molecule has 0 saturated carbocycles. The first kappa shape index (κ1) is 16.1. The van der Waals surface area contributed by atoms with Crippen molar-refractivity contribution in [3.05, 3.63) is 36.0 Å². The molecule has 0 aliphatic heterocycles. The largest absolute Gasteiger partial charge is 0.410 e. The summed E-state index contributed by atoms with van der Waals surface area (Å²) in [6.07, 6.45) is 3.99. The van der Waals surface area contributed by atoms with Crippen LogP contribution >= 0.6 is 0 Å². The van der Waals surface area contributed by atoms with Crippen molar-refractivity contribution in [3.63, 3.8) is 0 Å². The van der Waals surface area contributed by atoms with E-state index in [9.17, 15) is 13.2 Å². The molecule has 0 aliphatic carbocycles. The summed E-state index contributed by atoms with van der Waals surface area (Å²) >= 11 is 0. The van der Waals surface area contributed by atoms with Crippen LogP contribution in [-0.2, 0) is 9.84 Å². The van der Waals surface area contributed by atoms with Gasteiger partial charge in [0.05, 0.1) is 0 Å². The predicted octanol–water partition coefficient (Wildman–Crippen LogP) is 0.995. The van der Waals surface area contributed by atoms with E-state index in [-0.39, 0.29) is 17.7 Å². The maximum atomic E-state index is 12.2. The standard InChI is InChI=1S/C13H16N4O4S/c1-8(2)10(12-16-17-13(21-12)22(3,19)20)15-11(18)9-4-6-14-7-5-9/h4-8,10H,1-3H3,(H,15,18)/t10-/m0/s1. The zero-order valence-electron chi connectivity index (χ0n) is 12.3. The molecule has 0 unspecified atom stereocenters. The van der Waals surface area contributed by atoms with E-state index >= 15 is 0 Å². The van der Waals surface area contributed by atoms with E-state index in [0.29, 0.717) is 5.56 Å². The van der Waals surface area contributed by atoms with Crippen LogP contribution in [0.1, 0.15) is 36.1 Å². The fourth-order valence-corrected chi connectivity index (χ4v) is 2.16. The Morgan fingerprint density at radius 3 is 2.36 bits per heavy atom. The Morgan fingerprint density at radius 1 is 1.23 bits per heavy atom. The van der Waals surface area contributed by atoms with E-state index in [0.717, 1.165) is 6.26 Å². The Morgan fingerprint density at radius 2 is 1.86 bits per heavy atom. The van der Waals surface area contributed by atoms with Gasteiger partial charge in [0.15, 0.2) is 0 Å². The van der Waals surface area contributed by atoms with Crippen LogP contribution in [0.2, 0.25) is 0 Å². The summed E-state index contributed by atoms with van der Waals surface area (Å²) in [6.45, 7) is 3.70. The Kier molecular flexibility index (Phi) is 4.55. The molecule has 2 aromatic heterocycles. The molecule has 0 spiro atoms. The quantitative estimate of drug-likeness (QED) is 0.872. The molecule has 2 aromatic rings. The van der Waals surface area contributed by atoms with Crippen molar-refractivity contribution in [1.82, 2.24) is 20.5 Å². The summed E-state index contributed by atoms with van der Waals surface area (Å²) in [4.78, 5) is 16.0. The zero-order chi connectivity index (χ0) is 16.3. The fourth-order valence-electron chi connectivity index (χ4n) is 1.74. The summed E-state index contributed by atoms with van der Waals surface area (Å²) < 4.78 is 28.0. The van der Waals surface area contributed by atoms with Gasteiger partial charge >= 0.3 is 5.22 Å². The Bertz CT molecular complexity index is 755. The molecule has 1 N–H and O–H groups in total. The van der Waals surface area contributed by atoms with E-state index in [1.54, 1.807) is 12.1 Å². The number of sulfone groups is 1. The number of hydrogen-bond acceptors (Lipinski definition) is 7. The lowest BCUT2D eigenvalue weighted by Gasteiger charge is -2.18. The average molecular weight is 324 g/mol. The van der Waals surface area contributed by atoms with E-state index in [4.69, 9.17) is 4.42 Å². The van der Waals surface area contributed by atoms with E-state index in [1.165, 1.54) is 12.4 Å². The first-order valence-electron chi connectivity index (χ1n) is 6.53. The summed E-state index contributed by atoms with van der Waals surface area (Å²) in [5, 5.41) is 9.52. The van der Waals surface area contributed by atoms with Crippen LogP contribution in [0.5, 0.6) is 0 Å². The smallest absolute Gasteiger partial charge is 0.335 e. The monoisotopic (exact) mass is 324 g/mol. The van der Waals surface area contributed by atoms with Gasteiger partial charge in [-0.15, -0.1) is 5.10 Å². The van der Waals surface area contributed by atoms with Crippen LogP contribution in [0.15, 0.2) is 34.2 Å². The molecular formula is C13H16N4O4S. The lowest BCUT2D eigenvalue weighted by atomic mass is 10.0. The normalized spacial score (nSPS) is 13.1. The summed E-state index contributed by atoms with van der Waals surface area (Å²) in [7, 11) is -3.58. The van der Waals surface area contributed by atoms with Gasteiger partial charge in [-0.05, 0) is 18.1 Å². The van der Waals surface area contributed by atoms with Crippen molar-refractivity contribution in [3.8, 4) is 0 Å². The highest BCUT2D eigenvalue weighted by Gasteiger charge is 2.27. The molecule has 0 radical (unpaired) electrons. The fraction of sp³-hybridized carbons (Fsp3) is 0.385. The zero-order valence-corrected chi connectivity index (χ0v) is 13.2. The minimum atomic E-state index is -3.58. The van der Waals surface area contributed by atoms with Crippen LogP contribution in [-0.4, -0.2) is 35.8 Å². The van der Waals surface area contributed by atoms with Crippen molar-refractivity contribution in [2.45, 2.75) is 25.1 Å². The van der Waals surface area contributed by atoms with Crippen LogP contribution in [0.4, 0.5) is 0 Å². The topological polar surface area (TPSA) is 115 Å². The molecule has 9 heteroatoms. The molecule has 0 aromatic carbocycles. The minimum Gasteiger partial charge on any atom is -0.410 e. The maximum absolute atomic E-state index is 12.2. The molecule has 22 heavy (non-hydrogen) atoms. The number of nitrogens with zero attached hydrogens (tertiary/aromatic N) is 3. The molecule has 1 atom stereocenters. The van der Waals surface area contributed by atoms with Gasteiger partial charge in [0, 0.05) is 24.2 Å². The van der Waals surface area contributed by atoms with E-state index in [2.05, 4.69) is 20.5 Å². The van der Waals surface area contributed by atoms with Crippen molar-refractivity contribution in [2.24, 2.45) is 5.92 Å². The van der Waals surface area contributed by atoms with Gasteiger partial charge in [-0.25, -0.2) is 8.42 Å². The maximum Gasteiger partial charge on any atom is 0.335 e. The number of aromatic nitrogens is 3. The SMILES string of the molecule is CC(C)[C@H](NC(=O)c1ccncc1)c1nnc(S(C)(=O)=O)o1. The lowest BCUT2D eigenvalue weighted by molar-refractivity contribution is 0.0915. The molecule has 2 heterocycles. The van der Waals surface area contributed by atoms with Crippen molar-refractivity contribution >= 4 is 15.7 Å². The lowest BCUT2D eigenvalue weighted by Crippen LogP contribution is -2.32. The highest BCUT2D eigenvalue weighted by molar-refractivity contribution is 7.90. The average Bonchev–Trinajstić information content (AvgIpc) is 2.94. The minimum absolute atomic E-state index is 0.0535. The Hall–Kier alpha value is -2.29. The highest BCUT2D eigenvalue weighted by atomic mass is 32.2. The molecule has 0 fully saturated rings. The van der Waals surface area contributed by atoms with Gasteiger partial charge in [0.2, 0.25) is 15.7 Å². The summed E-state index contributed by atoms with van der Waals surface area (Å²) in [5.74, 6) is -0.350. The Labute approximate surface area is 127 Å². The van der Waals surface area contributed by atoms with E-state index < -0.39 is 21.1 Å². The van der Waals surface area contributed by atoms with Gasteiger partial charge in [0.25, 0.3) is 5.91 Å². The molecule has 0 saturated heterocycles. The molecule has 2 rings (SSSR count). The number of carbonyl (C=O) groups excluding carboxylic acids is 1. The second-order valence-corrected chi connectivity index (χ2v) is 7.00. The van der Waals surface area contributed by atoms with Crippen LogP contribution in [0.3, 0.4) is 0 Å². The number of carbonyl (C=O) groups is 1.